The molecule has 4 nitrogen and oxygen atoms in total. The first-order valence-electron chi connectivity index (χ1n) is 7.38. The van der Waals surface area contributed by atoms with Gasteiger partial charge < -0.3 is 10.0 Å². The number of para-hydroxylation sites is 1. The van der Waals surface area contributed by atoms with E-state index in [-0.39, 0.29) is 11.9 Å². The van der Waals surface area contributed by atoms with Crippen molar-refractivity contribution in [2.45, 2.75) is 32.2 Å². The van der Waals surface area contributed by atoms with Crippen LogP contribution in [0.25, 0.3) is 0 Å². The molecule has 0 radical (unpaired) electrons. The highest BCUT2D eigenvalue weighted by Gasteiger charge is 2.40. The van der Waals surface area contributed by atoms with Gasteiger partial charge in [-0.05, 0) is 37.8 Å². The van der Waals surface area contributed by atoms with E-state index in [1.807, 2.05) is 43.3 Å². The van der Waals surface area contributed by atoms with Crippen molar-refractivity contribution in [1.29, 1.82) is 0 Å². The van der Waals surface area contributed by atoms with E-state index in [0.717, 1.165) is 17.7 Å². The molecule has 1 amide bonds. The molecule has 1 N–H and O–H groups in total. The van der Waals surface area contributed by atoms with Gasteiger partial charge in [-0.15, -0.1) is 0 Å². The molecule has 0 saturated heterocycles. The molecule has 1 aromatic rings. The van der Waals surface area contributed by atoms with Crippen LogP contribution in [-0.2, 0) is 16.0 Å². The van der Waals surface area contributed by atoms with Crippen molar-refractivity contribution in [2.75, 3.05) is 4.90 Å². The van der Waals surface area contributed by atoms with Crippen molar-refractivity contribution in [1.82, 2.24) is 0 Å². The average molecular weight is 285 g/mol. The van der Waals surface area contributed by atoms with E-state index in [0.29, 0.717) is 12.8 Å². The zero-order chi connectivity index (χ0) is 15.0. The fraction of sp³-hybridized carbons (Fsp3) is 0.412. The van der Waals surface area contributed by atoms with Crippen molar-refractivity contribution < 1.29 is 14.7 Å². The maximum absolute atomic E-state index is 12.9. The molecular weight excluding hydrogens is 266 g/mol. The van der Waals surface area contributed by atoms with E-state index >= 15 is 0 Å². The van der Waals surface area contributed by atoms with E-state index in [2.05, 4.69) is 0 Å². The first kappa shape index (κ1) is 13.9. The number of nitrogens with zero attached hydrogens (tertiary/aromatic N) is 1. The molecular formula is C17H19NO3. The smallest absolute Gasteiger partial charge is 0.307 e. The summed E-state index contributed by atoms with van der Waals surface area (Å²) in [7, 11) is 0. The minimum absolute atomic E-state index is 0.0517. The molecule has 0 spiro atoms. The lowest BCUT2D eigenvalue weighted by molar-refractivity contribution is -0.146. The fourth-order valence-corrected chi connectivity index (χ4v) is 3.44. The minimum atomic E-state index is -0.877. The van der Waals surface area contributed by atoms with Crippen LogP contribution in [0.3, 0.4) is 0 Å². The number of hydrogen-bond donors (Lipinski definition) is 1. The Bertz CT molecular complexity index is 608. The van der Waals surface area contributed by atoms with Gasteiger partial charge in [0.25, 0.3) is 0 Å². The lowest BCUT2D eigenvalue weighted by Gasteiger charge is -2.31. The Morgan fingerprint density at radius 3 is 2.52 bits per heavy atom. The molecule has 110 valence electrons. The third-order valence-corrected chi connectivity index (χ3v) is 4.51. The number of anilines is 1. The maximum atomic E-state index is 12.9. The van der Waals surface area contributed by atoms with Crippen molar-refractivity contribution in [3.05, 3.63) is 42.0 Å². The van der Waals surface area contributed by atoms with Gasteiger partial charge in [-0.1, -0.05) is 30.4 Å². The van der Waals surface area contributed by atoms with Crippen molar-refractivity contribution in [2.24, 2.45) is 11.8 Å². The molecule has 1 aromatic carbocycles. The number of benzene rings is 1. The molecule has 0 bridgehead atoms. The Labute approximate surface area is 124 Å². The molecule has 21 heavy (non-hydrogen) atoms. The van der Waals surface area contributed by atoms with Gasteiger partial charge in [0.2, 0.25) is 5.91 Å². The van der Waals surface area contributed by atoms with Crippen molar-refractivity contribution >= 4 is 17.6 Å². The SMILES string of the molecule is C[C@@H]1Cc2ccccc2N1C(=O)[C@H]1CC=CC[C@H]1C(=O)O. The number of aliphatic carboxylic acids is 1. The largest absolute Gasteiger partial charge is 0.481 e. The van der Waals surface area contributed by atoms with E-state index < -0.39 is 17.8 Å². The number of rotatable bonds is 2. The predicted octanol–water partition coefficient (Wildman–Crippen LogP) is 2.63. The quantitative estimate of drug-likeness (QED) is 0.850. The summed E-state index contributed by atoms with van der Waals surface area (Å²) in [6.45, 7) is 2.02. The molecule has 0 aromatic heterocycles. The number of allylic oxidation sites excluding steroid dienone is 2. The Morgan fingerprint density at radius 2 is 1.81 bits per heavy atom. The Hall–Kier alpha value is -2.10. The van der Waals surface area contributed by atoms with Gasteiger partial charge in [0.15, 0.2) is 0 Å². The van der Waals surface area contributed by atoms with Gasteiger partial charge in [-0.3, -0.25) is 9.59 Å². The number of carboxylic acids is 1. The van der Waals surface area contributed by atoms with Gasteiger partial charge in [-0.2, -0.15) is 0 Å². The highest BCUT2D eigenvalue weighted by atomic mass is 16.4. The van der Waals surface area contributed by atoms with Crippen LogP contribution in [-0.4, -0.2) is 23.0 Å². The topological polar surface area (TPSA) is 57.6 Å². The summed E-state index contributed by atoms with van der Waals surface area (Å²) < 4.78 is 0. The molecule has 1 aliphatic carbocycles. The van der Waals surface area contributed by atoms with Gasteiger partial charge in [0.1, 0.15) is 0 Å². The van der Waals surface area contributed by atoms with Gasteiger partial charge in [0.05, 0.1) is 11.8 Å². The highest BCUT2D eigenvalue weighted by Crippen LogP contribution is 2.36. The third-order valence-electron chi connectivity index (χ3n) is 4.51. The van der Waals surface area contributed by atoms with Gasteiger partial charge in [-0.25, -0.2) is 0 Å². The molecule has 0 fully saturated rings. The summed E-state index contributed by atoms with van der Waals surface area (Å²) >= 11 is 0. The van der Waals surface area contributed by atoms with Gasteiger partial charge >= 0.3 is 5.97 Å². The summed E-state index contributed by atoms with van der Waals surface area (Å²) in [4.78, 5) is 26.1. The standard InChI is InChI=1S/C17H19NO3/c1-11-10-12-6-2-5-9-15(12)18(11)16(19)13-7-3-4-8-14(13)17(20)21/h2-6,9,11,13-14H,7-8,10H2,1H3,(H,20,21)/t11-,13+,14-/m1/s1. The van der Waals surface area contributed by atoms with Crippen LogP contribution in [0.15, 0.2) is 36.4 Å². The van der Waals surface area contributed by atoms with Crippen LogP contribution in [0.2, 0.25) is 0 Å². The Kier molecular flexibility index (Phi) is 3.53. The Morgan fingerprint density at radius 1 is 1.14 bits per heavy atom. The minimum Gasteiger partial charge on any atom is -0.481 e. The second-order valence-corrected chi connectivity index (χ2v) is 5.88. The first-order chi connectivity index (χ1) is 10.1. The Balaban J connectivity index is 1.91. The number of fused-ring (bicyclic) bond motifs is 1. The summed E-state index contributed by atoms with van der Waals surface area (Å²) in [6.07, 6.45) is 5.58. The monoisotopic (exact) mass is 285 g/mol. The maximum Gasteiger partial charge on any atom is 0.307 e. The second kappa shape index (κ2) is 5.35. The summed E-state index contributed by atoms with van der Waals surface area (Å²) in [5.41, 5.74) is 2.10. The number of carbonyl (C=O) groups excluding carboxylic acids is 1. The highest BCUT2D eigenvalue weighted by molar-refractivity contribution is 5.99. The van der Waals surface area contributed by atoms with Crippen molar-refractivity contribution in [3.63, 3.8) is 0 Å². The second-order valence-electron chi connectivity index (χ2n) is 5.88. The normalized spacial score (nSPS) is 27.5. The molecule has 0 unspecified atom stereocenters. The van der Waals surface area contributed by atoms with Crippen LogP contribution in [0, 0.1) is 11.8 Å². The van der Waals surface area contributed by atoms with Crippen LogP contribution in [0.4, 0.5) is 5.69 Å². The van der Waals surface area contributed by atoms with Gasteiger partial charge in [0, 0.05) is 11.7 Å². The third kappa shape index (κ3) is 2.35. The molecule has 4 heteroatoms. The van der Waals surface area contributed by atoms with Crippen LogP contribution < -0.4 is 4.90 Å². The predicted molar refractivity (Wildman–Crippen MR) is 80.1 cm³/mol. The number of hydrogen-bond acceptors (Lipinski definition) is 2. The average Bonchev–Trinajstić information content (AvgIpc) is 2.82. The number of carbonyl (C=O) groups is 2. The van der Waals surface area contributed by atoms with E-state index in [4.69, 9.17) is 0 Å². The zero-order valence-electron chi connectivity index (χ0n) is 12.0. The number of amides is 1. The summed E-state index contributed by atoms with van der Waals surface area (Å²) in [5.74, 6) is -1.99. The molecule has 0 saturated carbocycles. The summed E-state index contributed by atoms with van der Waals surface area (Å²) in [5, 5.41) is 9.36. The van der Waals surface area contributed by atoms with E-state index in [9.17, 15) is 14.7 Å². The zero-order valence-corrected chi connectivity index (χ0v) is 12.0. The molecule has 3 rings (SSSR count). The molecule has 2 aliphatic rings. The van der Waals surface area contributed by atoms with Crippen LogP contribution in [0.1, 0.15) is 25.3 Å². The van der Waals surface area contributed by atoms with Crippen LogP contribution >= 0.6 is 0 Å². The summed E-state index contributed by atoms with van der Waals surface area (Å²) in [6, 6.07) is 7.98. The van der Waals surface area contributed by atoms with Crippen LogP contribution in [0.5, 0.6) is 0 Å². The molecule has 1 aliphatic heterocycles. The lowest BCUT2D eigenvalue weighted by atomic mass is 9.82. The van der Waals surface area contributed by atoms with E-state index in [1.165, 1.54) is 0 Å². The number of carboxylic acid groups (broad SMARTS) is 1. The fourth-order valence-electron chi connectivity index (χ4n) is 3.44. The molecule has 3 atom stereocenters. The lowest BCUT2D eigenvalue weighted by Crippen LogP contribution is -2.44. The van der Waals surface area contributed by atoms with E-state index in [1.54, 1.807) is 4.90 Å². The van der Waals surface area contributed by atoms with Crippen molar-refractivity contribution in [3.8, 4) is 0 Å². The molecule has 1 heterocycles. The first-order valence-corrected chi connectivity index (χ1v) is 7.38.